The van der Waals surface area contributed by atoms with Gasteiger partial charge in [0.05, 0.1) is 29.0 Å². The monoisotopic (exact) mass is 383 g/mol. The van der Waals surface area contributed by atoms with Crippen LogP contribution in [0.5, 0.6) is 0 Å². The van der Waals surface area contributed by atoms with Crippen molar-refractivity contribution in [3.63, 3.8) is 0 Å². The lowest BCUT2D eigenvalue weighted by Crippen LogP contribution is -2.47. The molecule has 1 aromatic carbocycles. The maximum Gasteiger partial charge on any atom is 0.416 e. The predicted molar refractivity (Wildman–Crippen MR) is 93.7 cm³/mol. The summed E-state index contributed by atoms with van der Waals surface area (Å²) in [6.45, 7) is 0.788. The van der Waals surface area contributed by atoms with E-state index in [-0.39, 0.29) is 16.8 Å². The lowest BCUT2D eigenvalue weighted by atomic mass is 9.57. The maximum atomic E-state index is 13.7. The first-order valence-electron chi connectivity index (χ1n) is 8.49. The summed E-state index contributed by atoms with van der Waals surface area (Å²) in [4.78, 5) is 1.87. The normalized spacial score (nSPS) is 24.4. The molecule has 0 bridgehead atoms. The van der Waals surface area contributed by atoms with Crippen molar-refractivity contribution in [3.8, 4) is 18.2 Å². The molecule has 28 heavy (non-hydrogen) atoms. The molecule has 3 rings (SSSR count). The first-order valence-corrected chi connectivity index (χ1v) is 8.49. The predicted octanol–water partition coefficient (Wildman–Crippen LogP) is 3.06. The number of allylic oxidation sites excluding steroid dienone is 2. The van der Waals surface area contributed by atoms with Crippen molar-refractivity contribution in [2.24, 2.45) is 17.1 Å². The quantitative estimate of drug-likeness (QED) is 0.803. The number of nitrogens with zero attached hydrogens (tertiary/aromatic N) is 4. The number of rotatable bonds is 1. The summed E-state index contributed by atoms with van der Waals surface area (Å²) in [5.74, 6) is -1.81. The summed E-state index contributed by atoms with van der Waals surface area (Å²) in [7, 11) is 1.79. The fraction of sp³-hybridized carbons (Fsp3) is 0.350. The average molecular weight is 383 g/mol. The SMILES string of the molecule is CN1CC=C2C(C#N)=C(N)C(C#N)(C#N)[C@@H](c3ccccc3C(F)(F)F)[C@@H]2C1. The highest BCUT2D eigenvalue weighted by Gasteiger charge is 2.55. The topological polar surface area (TPSA) is 101 Å². The second kappa shape index (κ2) is 6.71. The van der Waals surface area contributed by atoms with Crippen LogP contribution in [0.15, 0.2) is 47.2 Å². The minimum absolute atomic E-state index is 0.0157. The summed E-state index contributed by atoms with van der Waals surface area (Å²) < 4.78 is 41.2. The molecule has 0 amide bonds. The van der Waals surface area contributed by atoms with Crippen LogP contribution in [0.1, 0.15) is 17.0 Å². The molecule has 2 atom stereocenters. The molecule has 142 valence electrons. The minimum atomic E-state index is -4.66. The van der Waals surface area contributed by atoms with Crippen LogP contribution in [0.4, 0.5) is 13.2 Å². The Hall–Kier alpha value is -3.28. The van der Waals surface area contributed by atoms with E-state index in [4.69, 9.17) is 5.73 Å². The lowest BCUT2D eigenvalue weighted by molar-refractivity contribution is -0.138. The van der Waals surface area contributed by atoms with Crippen LogP contribution in [-0.2, 0) is 6.18 Å². The Morgan fingerprint density at radius 1 is 1.18 bits per heavy atom. The Labute approximate surface area is 160 Å². The number of nitriles is 3. The fourth-order valence-electron chi connectivity index (χ4n) is 4.19. The standard InChI is InChI=1S/C20H16F3N5/c1-28-7-6-12-14(8-24)18(27)19(10-25,11-26)17(15(12)9-28)13-4-2-3-5-16(13)20(21,22)23/h2-6,15,17H,7,9,27H2,1H3/t15-,17+/m1/s1. The van der Waals surface area contributed by atoms with Crippen LogP contribution in [-0.4, -0.2) is 25.0 Å². The molecule has 0 radical (unpaired) electrons. The third-order valence-electron chi connectivity index (χ3n) is 5.45. The molecule has 5 nitrogen and oxygen atoms in total. The highest BCUT2D eigenvalue weighted by atomic mass is 19.4. The third kappa shape index (κ3) is 2.72. The third-order valence-corrected chi connectivity index (χ3v) is 5.45. The van der Waals surface area contributed by atoms with E-state index in [1.165, 1.54) is 18.2 Å². The van der Waals surface area contributed by atoms with Crippen LogP contribution in [0, 0.1) is 45.3 Å². The van der Waals surface area contributed by atoms with Crippen molar-refractivity contribution < 1.29 is 13.2 Å². The van der Waals surface area contributed by atoms with Crippen molar-refractivity contribution in [1.82, 2.24) is 4.90 Å². The molecule has 1 aromatic rings. The van der Waals surface area contributed by atoms with Gasteiger partial charge in [0.2, 0.25) is 0 Å². The molecule has 2 aliphatic rings. The van der Waals surface area contributed by atoms with Crippen molar-refractivity contribution in [1.29, 1.82) is 15.8 Å². The van der Waals surface area contributed by atoms with Crippen molar-refractivity contribution in [2.75, 3.05) is 20.1 Å². The summed E-state index contributed by atoms with van der Waals surface area (Å²) in [6.07, 6.45) is -2.92. The van der Waals surface area contributed by atoms with Crippen LogP contribution in [0.2, 0.25) is 0 Å². The van der Waals surface area contributed by atoms with Gasteiger partial charge in [-0.15, -0.1) is 0 Å². The van der Waals surface area contributed by atoms with Gasteiger partial charge in [-0.05, 0) is 24.3 Å². The summed E-state index contributed by atoms with van der Waals surface area (Å²) in [6, 6.07) is 10.6. The lowest BCUT2D eigenvalue weighted by Gasteiger charge is -2.45. The Bertz CT molecular complexity index is 986. The van der Waals surface area contributed by atoms with Crippen LogP contribution < -0.4 is 5.73 Å². The highest BCUT2D eigenvalue weighted by Crippen LogP contribution is 2.55. The molecule has 2 N–H and O–H groups in total. The number of alkyl halides is 3. The van der Waals surface area contributed by atoms with E-state index in [2.05, 4.69) is 0 Å². The second-order valence-corrected chi connectivity index (χ2v) is 6.98. The molecule has 1 aliphatic heterocycles. The number of fused-ring (bicyclic) bond motifs is 1. The van der Waals surface area contributed by atoms with Gasteiger partial charge < -0.3 is 10.6 Å². The number of likely N-dealkylation sites (N-methyl/N-ethyl adjacent to an activating group) is 1. The Morgan fingerprint density at radius 3 is 2.39 bits per heavy atom. The zero-order chi connectivity index (χ0) is 20.7. The van der Waals surface area contributed by atoms with Gasteiger partial charge >= 0.3 is 6.18 Å². The van der Waals surface area contributed by atoms with Gasteiger partial charge in [-0.2, -0.15) is 29.0 Å². The van der Waals surface area contributed by atoms with Crippen molar-refractivity contribution in [2.45, 2.75) is 12.1 Å². The fourth-order valence-corrected chi connectivity index (χ4v) is 4.19. The van der Waals surface area contributed by atoms with Crippen LogP contribution in [0.3, 0.4) is 0 Å². The molecule has 0 unspecified atom stereocenters. The molecule has 1 heterocycles. The summed E-state index contributed by atoms with van der Waals surface area (Å²) >= 11 is 0. The number of benzene rings is 1. The van der Waals surface area contributed by atoms with Gasteiger partial charge in [0.1, 0.15) is 6.07 Å². The molecule has 0 aromatic heterocycles. The molecule has 0 saturated carbocycles. The van der Waals surface area contributed by atoms with E-state index in [0.717, 1.165) is 6.07 Å². The zero-order valence-corrected chi connectivity index (χ0v) is 15.0. The molecular weight excluding hydrogens is 367 g/mol. The largest absolute Gasteiger partial charge is 0.416 e. The van der Waals surface area contributed by atoms with Gasteiger partial charge in [-0.1, -0.05) is 24.3 Å². The Morgan fingerprint density at radius 2 is 1.82 bits per heavy atom. The van der Waals surface area contributed by atoms with Gasteiger partial charge in [0.15, 0.2) is 5.41 Å². The van der Waals surface area contributed by atoms with Gasteiger partial charge in [-0.3, -0.25) is 0 Å². The van der Waals surface area contributed by atoms with E-state index in [1.807, 2.05) is 23.1 Å². The first-order chi connectivity index (χ1) is 13.2. The van der Waals surface area contributed by atoms with E-state index < -0.39 is 29.0 Å². The van der Waals surface area contributed by atoms with E-state index >= 15 is 0 Å². The molecule has 0 fully saturated rings. The molecule has 1 aliphatic carbocycles. The Balaban J connectivity index is 2.40. The number of hydrogen-bond acceptors (Lipinski definition) is 5. The summed E-state index contributed by atoms with van der Waals surface area (Å²) in [5.41, 5.74) is 3.18. The van der Waals surface area contributed by atoms with Crippen LogP contribution in [0.25, 0.3) is 0 Å². The molecule has 0 spiro atoms. The zero-order valence-electron chi connectivity index (χ0n) is 15.0. The van der Waals surface area contributed by atoms with Crippen molar-refractivity contribution >= 4 is 0 Å². The van der Waals surface area contributed by atoms with E-state index in [0.29, 0.717) is 18.7 Å². The molecule has 8 heteroatoms. The molecular formula is C20H16F3N5. The van der Waals surface area contributed by atoms with Crippen LogP contribution >= 0.6 is 0 Å². The number of halogens is 3. The number of hydrogen-bond donors (Lipinski definition) is 1. The van der Waals surface area contributed by atoms with Crippen molar-refractivity contribution in [3.05, 3.63) is 58.3 Å². The summed E-state index contributed by atoms with van der Waals surface area (Å²) in [5, 5.41) is 29.4. The second-order valence-electron chi connectivity index (χ2n) is 6.98. The number of nitrogens with two attached hydrogens (primary N) is 1. The Kier molecular flexibility index (Phi) is 4.67. The highest BCUT2D eigenvalue weighted by molar-refractivity contribution is 5.60. The van der Waals surface area contributed by atoms with Gasteiger partial charge in [0, 0.05) is 24.9 Å². The first kappa shape index (κ1) is 19.5. The maximum absolute atomic E-state index is 13.7. The van der Waals surface area contributed by atoms with E-state index in [1.54, 1.807) is 13.1 Å². The van der Waals surface area contributed by atoms with E-state index in [9.17, 15) is 29.0 Å². The van der Waals surface area contributed by atoms with Gasteiger partial charge in [-0.25, -0.2) is 0 Å². The molecule has 0 saturated heterocycles. The van der Waals surface area contributed by atoms with Gasteiger partial charge in [0.25, 0.3) is 0 Å². The smallest absolute Gasteiger partial charge is 0.399 e. The average Bonchev–Trinajstić information content (AvgIpc) is 2.67. The minimum Gasteiger partial charge on any atom is -0.399 e.